The van der Waals surface area contributed by atoms with Crippen LogP contribution in [0.4, 0.5) is 10.5 Å². The first-order valence-electron chi connectivity index (χ1n) is 7.76. The van der Waals surface area contributed by atoms with Crippen LogP contribution in [0.2, 0.25) is 5.02 Å². The average Bonchev–Trinajstić information content (AvgIpc) is 2.84. The molecule has 2 saturated heterocycles. The van der Waals surface area contributed by atoms with Gasteiger partial charge in [-0.15, -0.1) is 12.4 Å². The number of likely N-dealkylation sites (N-methyl/N-ethyl adjacent to an activating group) is 1. The summed E-state index contributed by atoms with van der Waals surface area (Å²) in [7, 11) is 1.78. The van der Waals surface area contributed by atoms with Crippen LogP contribution in [-0.2, 0) is 4.74 Å². The second kappa shape index (κ2) is 9.32. The van der Waals surface area contributed by atoms with Gasteiger partial charge in [-0.05, 0) is 24.6 Å². The molecular weight excluding hydrogens is 353 g/mol. The first kappa shape index (κ1) is 20.8. The van der Waals surface area contributed by atoms with Gasteiger partial charge < -0.3 is 20.0 Å². The highest BCUT2D eigenvalue weighted by molar-refractivity contribution is 6.30. The molecule has 1 unspecified atom stereocenters. The van der Waals surface area contributed by atoms with Crippen LogP contribution in [0.3, 0.4) is 0 Å². The third kappa shape index (κ3) is 5.14. The lowest BCUT2D eigenvalue weighted by molar-refractivity contribution is 0.121. The van der Waals surface area contributed by atoms with Crippen molar-refractivity contribution in [2.45, 2.75) is 12.5 Å². The molecule has 0 aliphatic carbocycles. The monoisotopic (exact) mass is 377 g/mol. The summed E-state index contributed by atoms with van der Waals surface area (Å²) in [5.41, 5.74) is 1.19. The zero-order valence-corrected chi connectivity index (χ0v) is 15.4. The zero-order chi connectivity index (χ0) is 15.5. The van der Waals surface area contributed by atoms with Crippen LogP contribution in [0.1, 0.15) is 6.42 Å². The van der Waals surface area contributed by atoms with Gasteiger partial charge in [0.15, 0.2) is 0 Å². The number of hydrogen-bond donors (Lipinski definition) is 0. The highest BCUT2D eigenvalue weighted by atomic mass is 35.5. The molecule has 3 rings (SSSR count). The predicted molar refractivity (Wildman–Crippen MR) is 98.5 cm³/mol. The summed E-state index contributed by atoms with van der Waals surface area (Å²) in [4.78, 5) is 17.8. The Kier molecular flexibility index (Phi) is 8.09. The Hall–Kier alpha value is -1.21. The summed E-state index contributed by atoms with van der Waals surface area (Å²) in [5.74, 6) is 0. The molecule has 24 heavy (non-hydrogen) atoms. The van der Waals surface area contributed by atoms with Crippen molar-refractivity contribution in [3.63, 3.8) is 0 Å². The van der Waals surface area contributed by atoms with Gasteiger partial charge in [0.25, 0.3) is 0 Å². The van der Waals surface area contributed by atoms with E-state index in [2.05, 4.69) is 15.9 Å². The topological polar surface area (TPSA) is 67.5 Å². The number of carbonyl (C=O) groups is 1. The maximum absolute atomic E-state index is 11.3. The SMILES string of the molecule is CN1CC(CCN2CCN(c3cccc(Cl)c3)CC2)OC1=O.Cl.O. The van der Waals surface area contributed by atoms with Crippen molar-refractivity contribution in [1.29, 1.82) is 0 Å². The minimum Gasteiger partial charge on any atom is -0.444 e. The fourth-order valence-electron chi connectivity index (χ4n) is 3.03. The van der Waals surface area contributed by atoms with Crippen molar-refractivity contribution in [1.82, 2.24) is 9.80 Å². The lowest BCUT2D eigenvalue weighted by atomic mass is 10.2. The quantitative estimate of drug-likeness (QED) is 0.803. The summed E-state index contributed by atoms with van der Waals surface area (Å²) < 4.78 is 5.30. The van der Waals surface area contributed by atoms with Gasteiger partial charge in [-0.1, -0.05) is 17.7 Å². The smallest absolute Gasteiger partial charge is 0.409 e. The molecule has 2 fully saturated rings. The van der Waals surface area contributed by atoms with E-state index in [1.54, 1.807) is 11.9 Å². The Labute approximate surface area is 154 Å². The number of rotatable bonds is 4. The summed E-state index contributed by atoms with van der Waals surface area (Å²) in [6.45, 7) is 5.76. The molecule has 0 saturated carbocycles. The van der Waals surface area contributed by atoms with E-state index in [1.807, 2.05) is 18.2 Å². The summed E-state index contributed by atoms with van der Waals surface area (Å²) in [5, 5.41) is 0.784. The highest BCUT2D eigenvalue weighted by Crippen LogP contribution is 2.21. The van der Waals surface area contributed by atoms with E-state index in [-0.39, 0.29) is 30.1 Å². The van der Waals surface area contributed by atoms with Crippen molar-refractivity contribution in [2.75, 3.05) is 51.2 Å². The van der Waals surface area contributed by atoms with Crippen molar-refractivity contribution < 1.29 is 15.0 Å². The average molecular weight is 378 g/mol. The summed E-state index contributed by atoms with van der Waals surface area (Å²) in [6.07, 6.45) is 0.756. The van der Waals surface area contributed by atoms with Gasteiger partial charge in [0.05, 0.1) is 6.54 Å². The molecule has 0 radical (unpaired) electrons. The molecule has 8 heteroatoms. The molecule has 2 heterocycles. The van der Waals surface area contributed by atoms with E-state index in [4.69, 9.17) is 16.3 Å². The minimum atomic E-state index is -0.198. The predicted octanol–water partition coefficient (Wildman–Crippen LogP) is 1.90. The maximum atomic E-state index is 11.3. The van der Waals surface area contributed by atoms with Crippen LogP contribution in [0.25, 0.3) is 0 Å². The molecule has 1 amide bonds. The molecule has 2 aliphatic rings. The van der Waals surface area contributed by atoms with Gasteiger partial charge in [-0.3, -0.25) is 4.90 Å². The molecule has 2 N–H and O–H groups in total. The molecule has 2 aliphatic heterocycles. The number of ether oxygens (including phenoxy) is 1. The number of amides is 1. The molecule has 0 bridgehead atoms. The Morgan fingerprint density at radius 1 is 1.25 bits per heavy atom. The largest absolute Gasteiger partial charge is 0.444 e. The first-order valence-corrected chi connectivity index (χ1v) is 8.14. The minimum absolute atomic E-state index is 0. The molecular formula is C16H25Cl2N3O3. The van der Waals surface area contributed by atoms with Crippen LogP contribution >= 0.6 is 24.0 Å². The van der Waals surface area contributed by atoms with E-state index in [0.29, 0.717) is 6.54 Å². The van der Waals surface area contributed by atoms with Crippen molar-refractivity contribution in [3.05, 3.63) is 29.3 Å². The maximum Gasteiger partial charge on any atom is 0.409 e. The number of hydrogen-bond acceptors (Lipinski definition) is 4. The molecule has 1 aromatic rings. The molecule has 136 valence electrons. The Bertz CT molecular complexity index is 539. The summed E-state index contributed by atoms with van der Waals surface area (Å²) in [6, 6.07) is 8.02. The third-order valence-electron chi connectivity index (χ3n) is 4.37. The number of piperazine rings is 1. The number of cyclic esters (lactones) is 1. The second-order valence-corrected chi connectivity index (χ2v) is 6.42. The molecule has 1 atom stereocenters. The van der Waals surface area contributed by atoms with Crippen LogP contribution in [0.15, 0.2) is 24.3 Å². The normalized spacial score (nSPS) is 21.1. The third-order valence-corrected chi connectivity index (χ3v) is 4.60. The highest BCUT2D eigenvalue weighted by Gasteiger charge is 2.28. The standard InChI is InChI=1S/C16H22ClN3O2.ClH.H2O/c1-18-12-15(22-16(18)21)5-6-19-7-9-20(10-8-19)14-4-2-3-13(17)11-14;;/h2-4,11,15H,5-10,12H2,1H3;1H;1H2. The van der Waals surface area contributed by atoms with Crippen LogP contribution in [-0.4, -0.2) is 73.8 Å². The van der Waals surface area contributed by atoms with Gasteiger partial charge in [-0.25, -0.2) is 4.79 Å². The van der Waals surface area contributed by atoms with Crippen molar-refractivity contribution >= 4 is 35.8 Å². The van der Waals surface area contributed by atoms with E-state index in [0.717, 1.165) is 44.2 Å². The summed E-state index contributed by atoms with van der Waals surface area (Å²) >= 11 is 6.06. The molecule has 6 nitrogen and oxygen atoms in total. The number of halogens is 2. The van der Waals surface area contributed by atoms with E-state index in [1.165, 1.54) is 5.69 Å². The Morgan fingerprint density at radius 2 is 1.96 bits per heavy atom. The lowest BCUT2D eigenvalue weighted by Crippen LogP contribution is -2.47. The number of anilines is 1. The van der Waals surface area contributed by atoms with Gasteiger partial charge in [0, 0.05) is 50.5 Å². The molecule has 0 aromatic heterocycles. The van der Waals surface area contributed by atoms with Crippen LogP contribution < -0.4 is 4.90 Å². The Morgan fingerprint density at radius 3 is 2.54 bits per heavy atom. The van der Waals surface area contributed by atoms with Gasteiger partial charge in [0.1, 0.15) is 6.10 Å². The van der Waals surface area contributed by atoms with Gasteiger partial charge in [0.2, 0.25) is 0 Å². The fraction of sp³-hybridized carbons (Fsp3) is 0.562. The van der Waals surface area contributed by atoms with Crippen molar-refractivity contribution in [2.24, 2.45) is 0 Å². The van der Waals surface area contributed by atoms with Gasteiger partial charge >= 0.3 is 6.09 Å². The first-order chi connectivity index (χ1) is 10.6. The van der Waals surface area contributed by atoms with Crippen LogP contribution in [0, 0.1) is 0 Å². The van der Waals surface area contributed by atoms with E-state index in [9.17, 15) is 4.79 Å². The van der Waals surface area contributed by atoms with Crippen molar-refractivity contribution in [3.8, 4) is 0 Å². The number of nitrogens with zero attached hydrogens (tertiary/aromatic N) is 3. The molecule has 0 spiro atoms. The van der Waals surface area contributed by atoms with Crippen LogP contribution in [0.5, 0.6) is 0 Å². The van der Waals surface area contributed by atoms with E-state index >= 15 is 0 Å². The molecule has 1 aromatic carbocycles. The lowest BCUT2D eigenvalue weighted by Gasteiger charge is -2.36. The number of carbonyl (C=O) groups excluding carboxylic acids is 1. The van der Waals surface area contributed by atoms with Gasteiger partial charge in [-0.2, -0.15) is 0 Å². The Balaban J connectivity index is 0.00000144. The fourth-order valence-corrected chi connectivity index (χ4v) is 3.21. The number of benzene rings is 1. The zero-order valence-electron chi connectivity index (χ0n) is 13.8. The van der Waals surface area contributed by atoms with E-state index < -0.39 is 0 Å². The second-order valence-electron chi connectivity index (χ2n) is 5.98.